The molecule has 0 spiro atoms. The van der Waals surface area contributed by atoms with Gasteiger partial charge in [0, 0.05) is 31.7 Å². The fourth-order valence-corrected chi connectivity index (χ4v) is 3.83. The number of likely N-dealkylation sites (tertiary alicyclic amines) is 1. The highest BCUT2D eigenvalue weighted by atomic mass is 16.5. The highest BCUT2D eigenvalue weighted by Crippen LogP contribution is 2.49. The van der Waals surface area contributed by atoms with Gasteiger partial charge in [-0.1, -0.05) is 13.8 Å². The molecular formula is C15H28N2O2. The van der Waals surface area contributed by atoms with Gasteiger partial charge in [0.25, 0.3) is 0 Å². The van der Waals surface area contributed by atoms with E-state index < -0.39 is 0 Å². The van der Waals surface area contributed by atoms with Crippen LogP contribution in [0.3, 0.4) is 0 Å². The standard InChI is InChI=1S/C15H28N2O2/c1-5-15(6-2)12(10-13(15)19-7-3)16-11-8-9-17(4)14(11)18/h11-13,16H,5-10H2,1-4H3/t11-,12+,13-/m1/s1. The lowest BCUT2D eigenvalue weighted by Crippen LogP contribution is -2.65. The Morgan fingerprint density at radius 2 is 2.05 bits per heavy atom. The molecule has 2 aliphatic rings. The van der Waals surface area contributed by atoms with Crippen molar-refractivity contribution in [1.82, 2.24) is 10.2 Å². The summed E-state index contributed by atoms with van der Waals surface area (Å²) in [5.74, 6) is 0.251. The van der Waals surface area contributed by atoms with Gasteiger partial charge >= 0.3 is 0 Å². The Bertz CT molecular complexity index is 328. The van der Waals surface area contributed by atoms with Crippen molar-refractivity contribution in [3.8, 4) is 0 Å². The van der Waals surface area contributed by atoms with Gasteiger partial charge in [-0.15, -0.1) is 0 Å². The minimum atomic E-state index is 0.0232. The molecule has 3 atom stereocenters. The molecule has 2 rings (SSSR count). The maximum atomic E-state index is 12.0. The average molecular weight is 268 g/mol. The number of likely N-dealkylation sites (N-methyl/N-ethyl adjacent to an activating group) is 1. The molecule has 0 radical (unpaired) electrons. The maximum Gasteiger partial charge on any atom is 0.239 e. The van der Waals surface area contributed by atoms with Crippen LogP contribution in [0.4, 0.5) is 0 Å². The molecule has 1 N–H and O–H groups in total. The average Bonchev–Trinajstić information content (AvgIpc) is 2.71. The fourth-order valence-electron chi connectivity index (χ4n) is 3.83. The summed E-state index contributed by atoms with van der Waals surface area (Å²) in [6.07, 6.45) is 4.57. The Morgan fingerprint density at radius 1 is 1.37 bits per heavy atom. The van der Waals surface area contributed by atoms with Crippen molar-refractivity contribution in [2.24, 2.45) is 5.41 Å². The lowest BCUT2D eigenvalue weighted by Gasteiger charge is -2.56. The maximum absolute atomic E-state index is 12.0. The minimum Gasteiger partial charge on any atom is -0.378 e. The van der Waals surface area contributed by atoms with Crippen molar-refractivity contribution in [1.29, 1.82) is 0 Å². The topological polar surface area (TPSA) is 41.6 Å². The van der Waals surface area contributed by atoms with Crippen molar-refractivity contribution in [2.45, 2.75) is 64.6 Å². The smallest absolute Gasteiger partial charge is 0.239 e. The zero-order valence-corrected chi connectivity index (χ0v) is 12.7. The van der Waals surface area contributed by atoms with Crippen LogP contribution in [0.5, 0.6) is 0 Å². The minimum absolute atomic E-state index is 0.0232. The predicted molar refractivity (Wildman–Crippen MR) is 76.0 cm³/mol. The second kappa shape index (κ2) is 5.80. The van der Waals surface area contributed by atoms with Crippen molar-refractivity contribution in [3.05, 3.63) is 0 Å². The summed E-state index contributed by atoms with van der Waals surface area (Å²) in [7, 11) is 1.89. The zero-order valence-electron chi connectivity index (χ0n) is 12.7. The molecule has 0 unspecified atom stereocenters. The van der Waals surface area contributed by atoms with E-state index in [0.29, 0.717) is 12.1 Å². The highest BCUT2D eigenvalue weighted by Gasteiger charge is 2.54. The number of nitrogens with zero attached hydrogens (tertiary/aromatic N) is 1. The number of ether oxygens (including phenoxy) is 1. The van der Waals surface area contributed by atoms with E-state index in [4.69, 9.17) is 4.74 Å². The van der Waals surface area contributed by atoms with Crippen LogP contribution in [-0.4, -0.2) is 49.2 Å². The molecule has 0 bridgehead atoms. The van der Waals surface area contributed by atoms with Crippen LogP contribution in [0.1, 0.15) is 46.5 Å². The van der Waals surface area contributed by atoms with E-state index in [-0.39, 0.29) is 17.4 Å². The first-order valence-electron chi connectivity index (χ1n) is 7.71. The van der Waals surface area contributed by atoms with Crippen LogP contribution in [-0.2, 0) is 9.53 Å². The van der Waals surface area contributed by atoms with Gasteiger partial charge < -0.3 is 15.0 Å². The lowest BCUT2D eigenvalue weighted by molar-refractivity contribution is -0.144. The molecule has 1 aliphatic heterocycles. The fraction of sp³-hybridized carbons (Fsp3) is 0.933. The van der Waals surface area contributed by atoms with Crippen LogP contribution in [0.2, 0.25) is 0 Å². The van der Waals surface area contributed by atoms with E-state index in [1.807, 2.05) is 11.9 Å². The molecule has 0 aromatic carbocycles. The third kappa shape index (κ3) is 2.40. The molecule has 1 amide bonds. The summed E-state index contributed by atoms with van der Waals surface area (Å²) in [5, 5.41) is 3.61. The first-order valence-corrected chi connectivity index (χ1v) is 7.71. The Hall–Kier alpha value is -0.610. The number of carbonyl (C=O) groups excluding carboxylic acids is 1. The molecular weight excluding hydrogens is 240 g/mol. The number of amides is 1. The second-order valence-corrected chi connectivity index (χ2v) is 5.94. The molecule has 0 aromatic rings. The van der Waals surface area contributed by atoms with E-state index in [2.05, 4.69) is 26.1 Å². The summed E-state index contributed by atoms with van der Waals surface area (Å²) in [6.45, 7) is 8.21. The third-order valence-electron chi connectivity index (χ3n) is 5.30. The van der Waals surface area contributed by atoms with Crippen LogP contribution < -0.4 is 5.32 Å². The molecule has 1 saturated heterocycles. The van der Waals surface area contributed by atoms with Crippen molar-refractivity contribution in [2.75, 3.05) is 20.2 Å². The molecule has 19 heavy (non-hydrogen) atoms. The number of hydrogen-bond acceptors (Lipinski definition) is 3. The molecule has 2 fully saturated rings. The van der Waals surface area contributed by atoms with E-state index in [0.717, 1.165) is 38.8 Å². The van der Waals surface area contributed by atoms with Crippen LogP contribution >= 0.6 is 0 Å². The summed E-state index contributed by atoms with van der Waals surface area (Å²) in [4.78, 5) is 13.8. The van der Waals surface area contributed by atoms with Crippen LogP contribution in [0.25, 0.3) is 0 Å². The molecule has 4 nitrogen and oxygen atoms in total. The van der Waals surface area contributed by atoms with Crippen molar-refractivity contribution < 1.29 is 9.53 Å². The Labute approximate surface area is 116 Å². The van der Waals surface area contributed by atoms with Gasteiger partial charge in [-0.05, 0) is 32.6 Å². The number of rotatable bonds is 6. The quantitative estimate of drug-likeness (QED) is 0.798. The monoisotopic (exact) mass is 268 g/mol. The van der Waals surface area contributed by atoms with Gasteiger partial charge in [0.1, 0.15) is 0 Å². The first kappa shape index (κ1) is 14.8. The van der Waals surface area contributed by atoms with E-state index in [1.54, 1.807) is 0 Å². The summed E-state index contributed by atoms with van der Waals surface area (Å²) < 4.78 is 5.88. The van der Waals surface area contributed by atoms with Crippen LogP contribution in [0.15, 0.2) is 0 Å². The SMILES string of the molecule is CCO[C@@H]1C[C@H](N[C@@H]2CCN(C)C2=O)C1(CC)CC. The normalized spacial score (nSPS) is 33.6. The molecule has 1 saturated carbocycles. The van der Waals surface area contributed by atoms with E-state index >= 15 is 0 Å². The van der Waals surface area contributed by atoms with Gasteiger partial charge in [-0.25, -0.2) is 0 Å². The first-order chi connectivity index (χ1) is 9.08. The molecule has 1 aliphatic carbocycles. The molecule has 1 heterocycles. The highest BCUT2D eigenvalue weighted by molar-refractivity contribution is 5.83. The number of carbonyl (C=O) groups is 1. The second-order valence-electron chi connectivity index (χ2n) is 5.94. The van der Waals surface area contributed by atoms with Gasteiger partial charge in [0.05, 0.1) is 12.1 Å². The van der Waals surface area contributed by atoms with E-state index in [1.165, 1.54) is 0 Å². The predicted octanol–water partition coefficient (Wildman–Crippen LogP) is 1.79. The largest absolute Gasteiger partial charge is 0.378 e. The van der Waals surface area contributed by atoms with Crippen molar-refractivity contribution >= 4 is 5.91 Å². The lowest BCUT2D eigenvalue weighted by atomic mass is 9.58. The van der Waals surface area contributed by atoms with Crippen LogP contribution in [0, 0.1) is 5.41 Å². The van der Waals surface area contributed by atoms with Gasteiger partial charge in [-0.3, -0.25) is 4.79 Å². The summed E-state index contributed by atoms with van der Waals surface area (Å²) in [5.41, 5.74) is 0.220. The number of hydrogen-bond donors (Lipinski definition) is 1. The Kier molecular flexibility index (Phi) is 4.51. The molecule has 0 aromatic heterocycles. The summed E-state index contributed by atoms with van der Waals surface area (Å²) >= 11 is 0. The summed E-state index contributed by atoms with van der Waals surface area (Å²) in [6, 6.07) is 0.453. The zero-order chi connectivity index (χ0) is 14.0. The third-order valence-corrected chi connectivity index (χ3v) is 5.30. The Balaban J connectivity index is 1.99. The van der Waals surface area contributed by atoms with Gasteiger partial charge in [0.15, 0.2) is 0 Å². The number of nitrogens with one attached hydrogen (secondary N) is 1. The molecule has 110 valence electrons. The van der Waals surface area contributed by atoms with Gasteiger partial charge in [0.2, 0.25) is 5.91 Å². The van der Waals surface area contributed by atoms with E-state index in [9.17, 15) is 4.79 Å². The molecule has 4 heteroatoms. The van der Waals surface area contributed by atoms with Gasteiger partial charge in [-0.2, -0.15) is 0 Å². The Morgan fingerprint density at radius 3 is 2.53 bits per heavy atom. The van der Waals surface area contributed by atoms with Crippen molar-refractivity contribution in [3.63, 3.8) is 0 Å².